The van der Waals surface area contributed by atoms with E-state index in [0.717, 1.165) is 38.0 Å². The number of benzene rings is 2. The van der Waals surface area contributed by atoms with E-state index >= 15 is 0 Å². The van der Waals surface area contributed by atoms with E-state index in [1.165, 1.54) is 23.6 Å². The van der Waals surface area contributed by atoms with Crippen LogP contribution in [0.15, 0.2) is 42.5 Å². The van der Waals surface area contributed by atoms with Gasteiger partial charge in [0.2, 0.25) is 0 Å². The quantitative estimate of drug-likeness (QED) is 0.884. The van der Waals surface area contributed by atoms with E-state index < -0.39 is 6.10 Å². The summed E-state index contributed by atoms with van der Waals surface area (Å²) < 4.78 is 5.80. The predicted molar refractivity (Wildman–Crippen MR) is 96.5 cm³/mol. The number of ether oxygens (including phenoxy) is 1. The Balaban J connectivity index is 1.24. The first-order chi connectivity index (χ1) is 11.8. The molecule has 4 nitrogen and oxygen atoms in total. The summed E-state index contributed by atoms with van der Waals surface area (Å²) >= 11 is 0. The number of rotatable bonds is 6. The predicted octanol–water partition coefficient (Wildman–Crippen LogP) is 2.36. The largest absolute Gasteiger partial charge is 0.491 e. The highest BCUT2D eigenvalue weighted by Crippen LogP contribution is 2.27. The van der Waals surface area contributed by atoms with E-state index in [0.29, 0.717) is 13.2 Å². The molecule has 24 heavy (non-hydrogen) atoms. The minimum absolute atomic E-state index is 0.348. The first-order valence-corrected chi connectivity index (χ1v) is 9.04. The summed E-state index contributed by atoms with van der Waals surface area (Å²) in [6, 6.07) is 15.2. The monoisotopic (exact) mass is 326 g/mol. The van der Waals surface area contributed by atoms with Crippen LogP contribution in [0.3, 0.4) is 0 Å². The van der Waals surface area contributed by atoms with Gasteiger partial charge in [-0.2, -0.15) is 0 Å². The maximum atomic E-state index is 10.3. The number of aliphatic hydroxyl groups is 1. The SMILES string of the molecule is OC(COc1ccc2ccccc2c1)CN1CCN(C2CC2)CC1. The molecule has 1 N–H and O–H groups in total. The van der Waals surface area contributed by atoms with Crippen molar-refractivity contribution >= 4 is 10.8 Å². The van der Waals surface area contributed by atoms with Gasteiger partial charge < -0.3 is 9.84 Å². The molecule has 1 saturated heterocycles. The zero-order valence-electron chi connectivity index (χ0n) is 14.1. The van der Waals surface area contributed by atoms with Gasteiger partial charge in [0.25, 0.3) is 0 Å². The van der Waals surface area contributed by atoms with Gasteiger partial charge in [-0.3, -0.25) is 9.80 Å². The second kappa shape index (κ2) is 7.09. The number of piperazine rings is 1. The molecule has 1 unspecified atom stereocenters. The van der Waals surface area contributed by atoms with E-state index in [1.54, 1.807) is 0 Å². The minimum Gasteiger partial charge on any atom is -0.491 e. The zero-order chi connectivity index (χ0) is 16.4. The van der Waals surface area contributed by atoms with E-state index in [9.17, 15) is 5.11 Å². The average molecular weight is 326 g/mol. The highest BCUT2D eigenvalue weighted by molar-refractivity contribution is 5.83. The Morgan fingerprint density at radius 1 is 1.00 bits per heavy atom. The van der Waals surface area contributed by atoms with Gasteiger partial charge in [0, 0.05) is 38.8 Å². The number of fused-ring (bicyclic) bond motifs is 1. The van der Waals surface area contributed by atoms with Gasteiger partial charge in [-0.05, 0) is 35.7 Å². The van der Waals surface area contributed by atoms with Crippen molar-refractivity contribution in [3.05, 3.63) is 42.5 Å². The van der Waals surface area contributed by atoms with E-state index in [1.807, 2.05) is 24.3 Å². The summed E-state index contributed by atoms with van der Waals surface area (Å²) in [5, 5.41) is 12.7. The first-order valence-electron chi connectivity index (χ1n) is 9.04. The smallest absolute Gasteiger partial charge is 0.120 e. The molecule has 0 amide bonds. The fourth-order valence-electron chi connectivity index (χ4n) is 3.55. The third-order valence-electron chi connectivity index (χ3n) is 5.10. The van der Waals surface area contributed by atoms with Crippen molar-refractivity contribution in [2.75, 3.05) is 39.3 Å². The third-order valence-corrected chi connectivity index (χ3v) is 5.10. The second-order valence-corrected chi connectivity index (χ2v) is 7.04. The van der Waals surface area contributed by atoms with Gasteiger partial charge in [-0.1, -0.05) is 30.3 Å². The molecule has 2 aromatic rings. The van der Waals surface area contributed by atoms with Crippen LogP contribution in [0.25, 0.3) is 10.8 Å². The Labute approximate surface area is 143 Å². The van der Waals surface area contributed by atoms with Crippen molar-refractivity contribution in [3.8, 4) is 5.75 Å². The van der Waals surface area contributed by atoms with E-state index in [4.69, 9.17) is 4.74 Å². The standard InChI is InChI=1S/C20H26N2O2/c23-19(14-21-9-11-22(12-10-21)18-6-7-18)15-24-20-8-5-16-3-1-2-4-17(16)13-20/h1-5,8,13,18-19,23H,6-7,9-12,14-15H2. The Kier molecular flexibility index (Phi) is 4.69. The van der Waals surface area contributed by atoms with Crippen LogP contribution in [-0.4, -0.2) is 66.4 Å². The van der Waals surface area contributed by atoms with Gasteiger partial charge in [-0.15, -0.1) is 0 Å². The lowest BCUT2D eigenvalue weighted by atomic mass is 10.1. The van der Waals surface area contributed by atoms with Crippen molar-refractivity contribution in [1.29, 1.82) is 0 Å². The Hall–Kier alpha value is -1.62. The second-order valence-electron chi connectivity index (χ2n) is 7.04. The molecule has 2 aromatic carbocycles. The third kappa shape index (κ3) is 3.89. The molecule has 0 spiro atoms. The van der Waals surface area contributed by atoms with Crippen LogP contribution in [0.5, 0.6) is 5.75 Å². The Morgan fingerprint density at radius 3 is 2.50 bits per heavy atom. The molecular weight excluding hydrogens is 300 g/mol. The van der Waals surface area contributed by atoms with Crippen molar-refractivity contribution in [2.24, 2.45) is 0 Å². The highest BCUT2D eigenvalue weighted by Gasteiger charge is 2.31. The van der Waals surface area contributed by atoms with Gasteiger partial charge in [0.05, 0.1) is 0 Å². The molecule has 1 atom stereocenters. The highest BCUT2D eigenvalue weighted by atomic mass is 16.5. The number of nitrogens with zero attached hydrogens (tertiary/aromatic N) is 2. The lowest BCUT2D eigenvalue weighted by Gasteiger charge is -2.35. The summed E-state index contributed by atoms with van der Waals surface area (Å²) in [5.74, 6) is 0.825. The Bertz CT molecular complexity index is 678. The van der Waals surface area contributed by atoms with Gasteiger partial charge in [0.1, 0.15) is 18.5 Å². The molecule has 4 rings (SSSR count). The first kappa shape index (κ1) is 15.9. The summed E-state index contributed by atoms with van der Waals surface area (Å²) in [4.78, 5) is 4.95. The molecule has 1 aliphatic heterocycles. The normalized spacial score (nSPS) is 21.0. The van der Waals surface area contributed by atoms with Crippen LogP contribution in [0.4, 0.5) is 0 Å². The van der Waals surface area contributed by atoms with Crippen LogP contribution < -0.4 is 4.74 Å². The average Bonchev–Trinajstić information content (AvgIpc) is 3.46. The molecular formula is C20H26N2O2. The lowest BCUT2D eigenvalue weighted by Crippen LogP contribution is -2.49. The van der Waals surface area contributed by atoms with Gasteiger partial charge in [0.15, 0.2) is 0 Å². The molecule has 4 heteroatoms. The van der Waals surface area contributed by atoms with Crippen molar-refractivity contribution in [2.45, 2.75) is 25.0 Å². The van der Waals surface area contributed by atoms with Gasteiger partial charge in [-0.25, -0.2) is 0 Å². The maximum Gasteiger partial charge on any atom is 0.120 e. The van der Waals surface area contributed by atoms with Crippen LogP contribution in [0.1, 0.15) is 12.8 Å². The van der Waals surface area contributed by atoms with Crippen LogP contribution in [0.2, 0.25) is 0 Å². The van der Waals surface area contributed by atoms with E-state index in [2.05, 4.69) is 28.0 Å². The molecule has 2 fully saturated rings. The Morgan fingerprint density at radius 2 is 1.75 bits per heavy atom. The number of aliphatic hydroxyl groups excluding tert-OH is 1. The molecule has 1 saturated carbocycles. The maximum absolute atomic E-state index is 10.3. The summed E-state index contributed by atoms with van der Waals surface area (Å²) in [6.07, 6.45) is 2.31. The molecule has 0 radical (unpaired) electrons. The molecule has 0 bridgehead atoms. The van der Waals surface area contributed by atoms with Crippen molar-refractivity contribution < 1.29 is 9.84 Å². The van der Waals surface area contributed by atoms with Crippen LogP contribution >= 0.6 is 0 Å². The molecule has 1 aliphatic carbocycles. The summed E-state index contributed by atoms with van der Waals surface area (Å²) in [6.45, 7) is 5.45. The van der Waals surface area contributed by atoms with Crippen molar-refractivity contribution in [3.63, 3.8) is 0 Å². The van der Waals surface area contributed by atoms with Crippen LogP contribution in [0, 0.1) is 0 Å². The molecule has 1 heterocycles. The molecule has 128 valence electrons. The zero-order valence-corrected chi connectivity index (χ0v) is 14.1. The number of β-amino-alcohol motifs (C(OH)–C–C–N with tert-alkyl or cyclic N) is 1. The minimum atomic E-state index is -0.441. The number of hydrogen-bond acceptors (Lipinski definition) is 4. The fraction of sp³-hybridized carbons (Fsp3) is 0.500. The summed E-state index contributed by atoms with van der Waals surface area (Å²) in [7, 11) is 0. The van der Waals surface area contributed by atoms with Gasteiger partial charge >= 0.3 is 0 Å². The van der Waals surface area contributed by atoms with Crippen LogP contribution in [-0.2, 0) is 0 Å². The topological polar surface area (TPSA) is 35.9 Å². The number of hydrogen-bond donors (Lipinski definition) is 1. The summed E-state index contributed by atoms with van der Waals surface area (Å²) in [5.41, 5.74) is 0. The van der Waals surface area contributed by atoms with Crippen molar-refractivity contribution in [1.82, 2.24) is 9.80 Å². The van der Waals surface area contributed by atoms with E-state index in [-0.39, 0.29) is 0 Å². The fourth-order valence-corrected chi connectivity index (χ4v) is 3.55. The lowest BCUT2D eigenvalue weighted by molar-refractivity contribution is 0.0446. The molecule has 0 aromatic heterocycles. The molecule has 2 aliphatic rings.